The van der Waals surface area contributed by atoms with Crippen LogP contribution in [0.15, 0.2) is 71.2 Å². The smallest absolute Gasteiger partial charge is 0.255 e. The van der Waals surface area contributed by atoms with Crippen LogP contribution in [0.2, 0.25) is 0 Å². The highest BCUT2D eigenvalue weighted by Crippen LogP contribution is 2.37. The Labute approximate surface area is 171 Å². The molecule has 0 aromatic heterocycles. The van der Waals surface area contributed by atoms with E-state index in [1.165, 1.54) is 18.2 Å². The highest BCUT2D eigenvalue weighted by Gasteiger charge is 2.16. The Morgan fingerprint density at radius 3 is 2.54 bits per heavy atom. The van der Waals surface area contributed by atoms with E-state index in [4.69, 9.17) is 9.47 Å². The zero-order valence-electron chi connectivity index (χ0n) is 15.2. The van der Waals surface area contributed by atoms with E-state index < -0.39 is 5.82 Å². The summed E-state index contributed by atoms with van der Waals surface area (Å²) in [5.41, 5.74) is 1.76. The molecule has 0 atom stereocenters. The number of rotatable bonds is 7. The third-order valence-electron chi connectivity index (χ3n) is 3.88. The van der Waals surface area contributed by atoms with E-state index in [1.54, 1.807) is 18.2 Å². The van der Waals surface area contributed by atoms with Crippen LogP contribution in [-0.4, -0.2) is 12.5 Å². The number of carbonyl (C=O) groups excluding carboxylic acids is 1. The molecule has 0 heterocycles. The van der Waals surface area contributed by atoms with Crippen LogP contribution in [0.5, 0.6) is 11.5 Å². The topological polar surface area (TPSA) is 47.6 Å². The van der Waals surface area contributed by atoms with E-state index >= 15 is 0 Å². The van der Waals surface area contributed by atoms with Crippen molar-refractivity contribution in [3.8, 4) is 11.5 Å². The second-order valence-corrected chi connectivity index (χ2v) is 6.81. The third-order valence-corrected chi connectivity index (χ3v) is 4.47. The molecule has 0 saturated heterocycles. The van der Waals surface area contributed by atoms with Gasteiger partial charge < -0.3 is 14.8 Å². The summed E-state index contributed by atoms with van der Waals surface area (Å²) in [7, 11) is 0. The predicted octanol–water partition coefficient (Wildman–Crippen LogP) is 5.82. The van der Waals surface area contributed by atoms with E-state index in [-0.39, 0.29) is 5.91 Å². The SMILES string of the molecule is CCOc1cc(C(=O)Nc2cccc(F)c2)cc(Br)c1OCc1ccccc1. The molecule has 28 heavy (non-hydrogen) atoms. The van der Waals surface area contributed by atoms with Gasteiger partial charge in [-0.05, 0) is 58.7 Å². The van der Waals surface area contributed by atoms with Crippen LogP contribution in [-0.2, 0) is 6.61 Å². The Morgan fingerprint density at radius 1 is 1.04 bits per heavy atom. The van der Waals surface area contributed by atoms with E-state index in [0.717, 1.165) is 5.56 Å². The Kier molecular flexibility index (Phi) is 6.66. The summed E-state index contributed by atoms with van der Waals surface area (Å²) in [6.45, 7) is 2.64. The molecule has 0 aliphatic rings. The zero-order chi connectivity index (χ0) is 19.9. The van der Waals surface area contributed by atoms with Gasteiger partial charge in [0.15, 0.2) is 11.5 Å². The Balaban J connectivity index is 1.82. The van der Waals surface area contributed by atoms with Gasteiger partial charge in [-0.3, -0.25) is 4.79 Å². The molecular weight excluding hydrogens is 425 g/mol. The summed E-state index contributed by atoms with van der Waals surface area (Å²) in [5, 5.41) is 2.68. The fraction of sp³-hybridized carbons (Fsp3) is 0.136. The molecule has 0 saturated carbocycles. The quantitative estimate of drug-likeness (QED) is 0.500. The van der Waals surface area contributed by atoms with Crippen molar-refractivity contribution in [3.05, 3.63) is 88.1 Å². The minimum absolute atomic E-state index is 0.367. The average Bonchev–Trinajstić information content (AvgIpc) is 2.68. The summed E-state index contributed by atoms with van der Waals surface area (Å²) in [4.78, 5) is 12.6. The maximum Gasteiger partial charge on any atom is 0.255 e. The van der Waals surface area contributed by atoms with Gasteiger partial charge in [0.05, 0.1) is 11.1 Å². The first-order valence-corrected chi connectivity index (χ1v) is 9.56. The molecule has 6 heteroatoms. The average molecular weight is 444 g/mol. The first kappa shape index (κ1) is 19.9. The van der Waals surface area contributed by atoms with Crippen molar-refractivity contribution >= 4 is 27.5 Å². The molecule has 3 aromatic rings. The number of hydrogen-bond donors (Lipinski definition) is 1. The lowest BCUT2D eigenvalue weighted by Crippen LogP contribution is -2.13. The molecule has 144 valence electrons. The predicted molar refractivity (Wildman–Crippen MR) is 110 cm³/mol. The largest absolute Gasteiger partial charge is 0.490 e. The summed E-state index contributed by atoms with van der Waals surface area (Å²) >= 11 is 3.46. The minimum Gasteiger partial charge on any atom is -0.490 e. The number of anilines is 1. The first-order valence-electron chi connectivity index (χ1n) is 8.77. The monoisotopic (exact) mass is 443 g/mol. The second-order valence-electron chi connectivity index (χ2n) is 5.96. The van der Waals surface area contributed by atoms with Gasteiger partial charge in [-0.15, -0.1) is 0 Å². The standard InChI is InChI=1S/C22H19BrFNO3/c1-2-27-20-12-16(22(26)25-18-10-6-9-17(24)13-18)11-19(23)21(20)28-14-15-7-4-3-5-8-15/h3-13H,2,14H2,1H3,(H,25,26). The van der Waals surface area contributed by atoms with Gasteiger partial charge in [-0.25, -0.2) is 4.39 Å². The number of halogens is 2. The van der Waals surface area contributed by atoms with E-state index in [0.29, 0.717) is 40.4 Å². The zero-order valence-corrected chi connectivity index (χ0v) is 16.8. The number of benzene rings is 3. The van der Waals surface area contributed by atoms with Crippen molar-refractivity contribution < 1.29 is 18.7 Å². The lowest BCUT2D eigenvalue weighted by atomic mass is 10.1. The Hall–Kier alpha value is -2.86. The van der Waals surface area contributed by atoms with E-state index in [1.807, 2.05) is 37.3 Å². The number of nitrogens with one attached hydrogen (secondary N) is 1. The fourth-order valence-corrected chi connectivity index (χ4v) is 3.16. The summed E-state index contributed by atoms with van der Waals surface area (Å²) in [6, 6.07) is 18.8. The van der Waals surface area contributed by atoms with Gasteiger partial charge in [0.1, 0.15) is 12.4 Å². The van der Waals surface area contributed by atoms with Crippen LogP contribution in [0.25, 0.3) is 0 Å². The molecular formula is C22H19BrFNO3. The molecule has 0 aliphatic carbocycles. The summed E-state index contributed by atoms with van der Waals surface area (Å²) < 4.78 is 25.5. The molecule has 1 amide bonds. The van der Waals surface area contributed by atoms with Gasteiger partial charge >= 0.3 is 0 Å². The van der Waals surface area contributed by atoms with Crippen molar-refractivity contribution in [2.75, 3.05) is 11.9 Å². The number of carbonyl (C=O) groups is 1. The molecule has 0 fully saturated rings. The molecule has 3 rings (SSSR count). The number of hydrogen-bond acceptors (Lipinski definition) is 3. The second kappa shape index (κ2) is 9.37. The molecule has 1 N–H and O–H groups in total. The first-order chi connectivity index (χ1) is 13.6. The summed E-state index contributed by atoms with van der Waals surface area (Å²) in [5.74, 6) is 0.186. The maximum atomic E-state index is 13.3. The molecule has 0 spiro atoms. The van der Waals surface area contributed by atoms with Crippen LogP contribution in [0.4, 0.5) is 10.1 Å². The Bertz CT molecular complexity index is 963. The van der Waals surface area contributed by atoms with Gasteiger partial charge in [-0.1, -0.05) is 36.4 Å². The highest BCUT2D eigenvalue weighted by molar-refractivity contribution is 9.10. The van der Waals surface area contributed by atoms with Crippen molar-refractivity contribution in [1.29, 1.82) is 0 Å². The van der Waals surface area contributed by atoms with Gasteiger partial charge in [0.2, 0.25) is 0 Å². The van der Waals surface area contributed by atoms with Crippen LogP contribution in [0.1, 0.15) is 22.8 Å². The van der Waals surface area contributed by atoms with Crippen molar-refractivity contribution in [2.45, 2.75) is 13.5 Å². The molecule has 4 nitrogen and oxygen atoms in total. The van der Waals surface area contributed by atoms with E-state index in [9.17, 15) is 9.18 Å². The van der Waals surface area contributed by atoms with Crippen molar-refractivity contribution in [1.82, 2.24) is 0 Å². The Morgan fingerprint density at radius 2 is 1.82 bits per heavy atom. The lowest BCUT2D eigenvalue weighted by Gasteiger charge is -2.15. The summed E-state index contributed by atoms with van der Waals surface area (Å²) in [6.07, 6.45) is 0. The van der Waals surface area contributed by atoms with Crippen LogP contribution >= 0.6 is 15.9 Å². The molecule has 0 unspecified atom stereocenters. The molecule has 0 radical (unpaired) electrons. The highest BCUT2D eigenvalue weighted by atomic mass is 79.9. The van der Waals surface area contributed by atoms with Crippen molar-refractivity contribution in [2.24, 2.45) is 0 Å². The molecule has 0 aliphatic heterocycles. The van der Waals surface area contributed by atoms with Crippen LogP contribution in [0.3, 0.4) is 0 Å². The maximum absolute atomic E-state index is 13.3. The normalized spacial score (nSPS) is 10.4. The fourth-order valence-electron chi connectivity index (χ4n) is 2.60. The molecule has 3 aromatic carbocycles. The van der Waals surface area contributed by atoms with Gasteiger partial charge in [0.25, 0.3) is 5.91 Å². The number of ether oxygens (including phenoxy) is 2. The van der Waals surface area contributed by atoms with Gasteiger partial charge in [-0.2, -0.15) is 0 Å². The minimum atomic E-state index is -0.418. The van der Waals surface area contributed by atoms with Crippen LogP contribution in [0, 0.1) is 5.82 Å². The lowest BCUT2D eigenvalue weighted by molar-refractivity contribution is 0.102. The molecule has 0 bridgehead atoms. The van der Waals surface area contributed by atoms with Crippen molar-refractivity contribution in [3.63, 3.8) is 0 Å². The number of amides is 1. The van der Waals surface area contributed by atoms with Gasteiger partial charge in [0, 0.05) is 11.3 Å². The van der Waals surface area contributed by atoms with E-state index in [2.05, 4.69) is 21.2 Å². The third kappa shape index (κ3) is 5.10. The van der Waals surface area contributed by atoms with Crippen LogP contribution < -0.4 is 14.8 Å².